The Morgan fingerprint density at radius 1 is 1.37 bits per heavy atom. The van der Waals surface area contributed by atoms with Gasteiger partial charge in [-0.2, -0.15) is 0 Å². The second-order valence-corrected chi connectivity index (χ2v) is 6.09. The molecule has 3 nitrogen and oxygen atoms in total. The molecule has 0 aliphatic heterocycles. The highest BCUT2D eigenvalue weighted by atomic mass is 19.3. The number of nitrogens with zero attached hydrogens (tertiary/aromatic N) is 1. The van der Waals surface area contributed by atoms with Crippen LogP contribution in [0.1, 0.15) is 45.4 Å². The van der Waals surface area contributed by atoms with Gasteiger partial charge in [-0.25, -0.2) is 8.78 Å². The van der Waals surface area contributed by atoms with Crippen molar-refractivity contribution in [2.24, 2.45) is 5.92 Å². The predicted molar refractivity (Wildman–Crippen MR) is 70.2 cm³/mol. The van der Waals surface area contributed by atoms with Gasteiger partial charge in [0.1, 0.15) is 0 Å². The van der Waals surface area contributed by atoms with Gasteiger partial charge in [0.05, 0.1) is 0 Å². The number of nitrogens with one attached hydrogen (secondary N) is 1. The summed E-state index contributed by atoms with van der Waals surface area (Å²) < 4.78 is 25.5. The topological polar surface area (TPSA) is 32.3 Å². The lowest BCUT2D eigenvalue weighted by molar-refractivity contribution is -0.122. The highest BCUT2D eigenvalue weighted by Crippen LogP contribution is 2.50. The van der Waals surface area contributed by atoms with E-state index in [4.69, 9.17) is 0 Å². The van der Waals surface area contributed by atoms with E-state index in [2.05, 4.69) is 24.2 Å². The zero-order chi connectivity index (χ0) is 14.1. The molecule has 5 heteroatoms. The number of carbonyl (C=O) groups is 1. The number of carbonyl (C=O) groups excluding carboxylic acids is 1. The largest absolute Gasteiger partial charge is 0.354 e. The van der Waals surface area contributed by atoms with Crippen LogP contribution in [0.5, 0.6) is 0 Å². The Hall–Kier alpha value is -0.710. The van der Waals surface area contributed by atoms with E-state index in [1.54, 1.807) is 0 Å². The number of amides is 1. The van der Waals surface area contributed by atoms with E-state index in [0.29, 0.717) is 6.54 Å². The van der Waals surface area contributed by atoms with Crippen LogP contribution in [0.4, 0.5) is 8.78 Å². The molecule has 2 saturated carbocycles. The molecule has 1 atom stereocenters. The van der Waals surface area contributed by atoms with Crippen molar-refractivity contribution in [2.75, 3.05) is 20.1 Å². The number of rotatable bonds is 6. The van der Waals surface area contributed by atoms with Gasteiger partial charge in [-0.05, 0) is 26.4 Å². The first-order valence-electron chi connectivity index (χ1n) is 7.25. The minimum absolute atomic E-state index is 0.0288. The number of likely N-dealkylation sites (N-methyl/N-ethyl adjacent to an activating group) is 1. The van der Waals surface area contributed by atoms with E-state index in [1.807, 2.05) is 0 Å². The SMILES string of the molecule is CCN(C)C1(CNC(=O)C[C@H]2CC2(F)F)CCCC1. The second-order valence-electron chi connectivity index (χ2n) is 6.09. The predicted octanol–water partition coefficient (Wildman–Crippen LogP) is 2.41. The van der Waals surface area contributed by atoms with Crippen LogP contribution in [-0.2, 0) is 4.79 Å². The van der Waals surface area contributed by atoms with Crippen molar-refractivity contribution in [3.63, 3.8) is 0 Å². The maximum absolute atomic E-state index is 12.8. The Bertz CT molecular complexity index is 340. The van der Waals surface area contributed by atoms with Crippen molar-refractivity contribution >= 4 is 5.91 Å². The minimum Gasteiger partial charge on any atom is -0.354 e. The van der Waals surface area contributed by atoms with Gasteiger partial charge in [-0.1, -0.05) is 19.8 Å². The molecule has 0 aromatic heterocycles. The standard InChI is InChI=1S/C14H24F2N2O/c1-3-18(2)13(6-4-5-7-13)10-17-12(19)8-11-9-14(11,15)16/h11H,3-10H2,1-2H3,(H,17,19)/t11-/m0/s1. The molecular formula is C14H24F2N2O. The van der Waals surface area contributed by atoms with Crippen LogP contribution >= 0.6 is 0 Å². The van der Waals surface area contributed by atoms with Crippen LogP contribution in [0.25, 0.3) is 0 Å². The first kappa shape index (κ1) is 14.7. The third-order valence-corrected chi connectivity index (χ3v) is 4.82. The first-order valence-corrected chi connectivity index (χ1v) is 7.25. The van der Waals surface area contributed by atoms with Crippen molar-refractivity contribution in [1.82, 2.24) is 10.2 Å². The van der Waals surface area contributed by atoms with Crippen LogP contribution in [-0.4, -0.2) is 42.4 Å². The zero-order valence-electron chi connectivity index (χ0n) is 11.8. The van der Waals surface area contributed by atoms with Crippen LogP contribution in [0, 0.1) is 5.92 Å². The van der Waals surface area contributed by atoms with Gasteiger partial charge in [0.25, 0.3) is 5.92 Å². The molecule has 1 N–H and O–H groups in total. The van der Waals surface area contributed by atoms with Crippen molar-refractivity contribution in [3.05, 3.63) is 0 Å². The molecule has 0 heterocycles. The van der Waals surface area contributed by atoms with Gasteiger partial charge < -0.3 is 5.32 Å². The third kappa shape index (κ3) is 3.25. The molecule has 0 aromatic carbocycles. The van der Waals surface area contributed by atoms with E-state index in [-0.39, 0.29) is 24.3 Å². The average Bonchev–Trinajstić information content (AvgIpc) is 2.82. The maximum Gasteiger partial charge on any atom is 0.252 e. The molecule has 2 rings (SSSR count). The molecule has 0 unspecified atom stereocenters. The van der Waals surface area contributed by atoms with Crippen molar-refractivity contribution in [3.8, 4) is 0 Å². The van der Waals surface area contributed by atoms with Gasteiger partial charge in [0.2, 0.25) is 5.91 Å². The summed E-state index contributed by atoms with van der Waals surface area (Å²) in [5.74, 6) is -3.54. The lowest BCUT2D eigenvalue weighted by atomic mass is 9.95. The van der Waals surface area contributed by atoms with Crippen LogP contribution in [0.2, 0.25) is 0 Å². The Morgan fingerprint density at radius 3 is 2.42 bits per heavy atom. The lowest BCUT2D eigenvalue weighted by Gasteiger charge is -2.38. The number of hydrogen-bond acceptors (Lipinski definition) is 2. The van der Waals surface area contributed by atoms with Gasteiger partial charge in [-0.15, -0.1) is 0 Å². The second kappa shape index (κ2) is 5.35. The Morgan fingerprint density at radius 2 is 1.95 bits per heavy atom. The van der Waals surface area contributed by atoms with Gasteiger partial charge >= 0.3 is 0 Å². The van der Waals surface area contributed by atoms with Crippen LogP contribution in [0.3, 0.4) is 0 Å². The van der Waals surface area contributed by atoms with E-state index < -0.39 is 11.8 Å². The summed E-state index contributed by atoms with van der Waals surface area (Å²) in [6.07, 6.45) is 4.37. The van der Waals surface area contributed by atoms with Gasteiger partial charge in [0, 0.05) is 30.8 Å². The summed E-state index contributed by atoms with van der Waals surface area (Å²) >= 11 is 0. The number of hydrogen-bond donors (Lipinski definition) is 1. The van der Waals surface area contributed by atoms with Crippen LogP contribution < -0.4 is 5.32 Å². The molecule has 110 valence electrons. The van der Waals surface area contributed by atoms with Crippen molar-refractivity contribution in [2.45, 2.75) is 56.9 Å². The summed E-state index contributed by atoms with van der Waals surface area (Å²) in [5, 5.41) is 2.88. The molecule has 2 aliphatic carbocycles. The molecule has 0 spiro atoms. The highest BCUT2D eigenvalue weighted by Gasteiger charge is 2.57. The molecule has 2 aliphatic rings. The molecule has 19 heavy (non-hydrogen) atoms. The molecule has 0 radical (unpaired) electrons. The van der Waals surface area contributed by atoms with Crippen LogP contribution in [0.15, 0.2) is 0 Å². The van der Waals surface area contributed by atoms with E-state index >= 15 is 0 Å². The minimum atomic E-state index is -2.59. The fourth-order valence-electron chi connectivity index (χ4n) is 3.11. The molecular weight excluding hydrogens is 250 g/mol. The van der Waals surface area contributed by atoms with Crippen molar-refractivity contribution in [1.29, 1.82) is 0 Å². The van der Waals surface area contributed by atoms with Gasteiger partial charge in [0.15, 0.2) is 0 Å². The monoisotopic (exact) mass is 274 g/mol. The fourth-order valence-corrected chi connectivity index (χ4v) is 3.11. The quantitative estimate of drug-likeness (QED) is 0.806. The fraction of sp³-hybridized carbons (Fsp3) is 0.929. The van der Waals surface area contributed by atoms with Crippen molar-refractivity contribution < 1.29 is 13.6 Å². The van der Waals surface area contributed by atoms with E-state index in [9.17, 15) is 13.6 Å². The summed E-state index contributed by atoms with van der Waals surface area (Å²) in [7, 11) is 2.08. The van der Waals surface area contributed by atoms with E-state index in [0.717, 1.165) is 19.4 Å². The maximum atomic E-state index is 12.8. The molecule has 1 amide bonds. The molecule has 0 bridgehead atoms. The van der Waals surface area contributed by atoms with E-state index in [1.165, 1.54) is 12.8 Å². The Balaban J connectivity index is 1.81. The summed E-state index contributed by atoms with van der Waals surface area (Å²) in [6.45, 7) is 3.64. The number of alkyl halides is 2. The molecule has 2 fully saturated rings. The smallest absolute Gasteiger partial charge is 0.252 e. The Kier molecular flexibility index (Phi) is 4.14. The average molecular weight is 274 g/mol. The highest BCUT2D eigenvalue weighted by molar-refractivity contribution is 5.76. The molecule has 0 saturated heterocycles. The summed E-state index contributed by atoms with van der Waals surface area (Å²) in [4.78, 5) is 14.0. The Labute approximate surface area is 113 Å². The summed E-state index contributed by atoms with van der Waals surface area (Å²) in [5.41, 5.74) is 0.0382. The zero-order valence-corrected chi connectivity index (χ0v) is 11.8. The number of halogens is 2. The normalized spacial score (nSPS) is 27.5. The molecule has 0 aromatic rings. The van der Waals surface area contributed by atoms with Gasteiger partial charge in [-0.3, -0.25) is 9.69 Å². The third-order valence-electron chi connectivity index (χ3n) is 4.82. The summed E-state index contributed by atoms with van der Waals surface area (Å²) in [6, 6.07) is 0. The first-order chi connectivity index (χ1) is 8.89. The lowest BCUT2D eigenvalue weighted by Crippen LogP contribution is -2.52.